The molecular weight excluding hydrogens is 226 g/mol. The highest BCUT2D eigenvalue weighted by molar-refractivity contribution is 5.20. The van der Waals surface area contributed by atoms with Crippen molar-refractivity contribution in [2.24, 2.45) is 5.73 Å². The first kappa shape index (κ1) is 12.1. The van der Waals surface area contributed by atoms with Crippen LogP contribution < -0.4 is 5.73 Å². The third-order valence-corrected chi connectivity index (χ3v) is 3.91. The number of nitrogens with zero attached hydrogens (tertiary/aromatic N) is 2. The van der Waals surface area contributed by atoms with Crippen LogP contribution in [0.15, 0.2) is 18.3 Å². The van der Waals surface area contributed by atoms with E-state index in [1.54, 1.807) is 0 Å². The fourth-order valence-corrected chi connectivity index (χ4v) is 2.83. The maximum absolute atomic E-state index is 5.87. The van der Waals surface area contributed by atoms with Crippen molar-refractivity contribution in [1.82, 2.24) is 9.88 Å². The number of hydrogen-bond donors (Lipinski definition) is 1. The van der Waals surface area contributed by atoms with Gasteiger partial charge in [0, 0.05) is 31.0 Å². The molecule has 0 radical (unpaired) electrons. The van der Waals surface area contributed by atoms with E-state index in [2.05, 4.69) is 22.0 Å². The van der Waals surface area contributed by atoms with Gasteiger partial charge < -0.3 is 10.5 Å². The van der Waals surface area contributed by atoms with E-state index in [0.717, 1.165) is 24.9 Å². The van der Waals surface area contributed by atoms with Gasteiger partial charge in [0.2, 0.25) is 0 Å². The van der Waals surface area contributed by atoms with Crippen LogP contribution in [0.1, 0.15) is 30.1 Å². The lowest BCUT2D eigenvalue weighted by Gasteiger charge is -2.41. The lowest BCUT2D eigenvalue weighted by Crippen LogP contribution is -2.49. The van der Waals surface area contributed by atoms with Gasteiger partial charge in [-0.3, -0.25) is 9.88 Å². The first-order chi connectivity index (χ1) is 8.79. The quantitative estimate of drug-likeness (QED) is 0.873. The number of nitrogens with two attached hydrogens (primary N) is 1. The first-order valence-electron chi connectivity index (χ1n) is 6.79. The third kappa shape index (κ3) is 2.28. The van der Waals surface area contributed by atoms with Gasteiger partial charge in [-0.2, -0.15) is 0 Å². The summed E-state index contributed by atoms with van der Waals surface area (Å²) in [6.07, 6.45) is 4.70. The first-order valence-corrected chi connectivity index (χ1v) is 6.79. The predicted octanol–water partition coefficient (Wildman–Crippen LogP) is 1.25. The number of hydrogen-bond acceptors (Lipinski definition) is 4. The van der Waals surface area contributed by atoms with Crippen LogP contribution in [0.3, 0.4) is 0 Å². The molecule has 2 unspecified atom stereocenters. The normalized spacial score (nSPS) is 29.4. The number of aryl methyl sites for hydroxylation is 1. The van der Waals surface area contributed by atoms with Crippen molar-refractivity contribution in [2.45, 2.75) is 38.0 Å². The highest BCUT2D eigenvalue weighted by Crippen LogP contribution is 2.38. The summed E-state index contributed by atoms with van der Waals surface area (Å²) in [7, 11) is 0. The van der Waals surface area contributed by atoms with E-state index < -0.39 is 0 Å². The van der Waals surface area contributed by atoms with Crippen molar-refractivity contribution in [3.8, 4) is 0 Å². The van der Waals surface area contributed by atoms with Gasteiger partial charge in [0.25, 0.3) is 0 Å². The van der Waals surface area contributed by atoms with E-state index in [1.807, 2.05) is 13.1 Å². The summed E-state index contributed by atoms with van der Waals surface area (Å²) in [4.78, 5) is 6.98. The van der Waals surface area contributed by atoms with Crippen molar-refractivity contribution in [1.29, 1.82) is 0 Å². The Kier molecular flexibility index (Phi) is 3.33. The number of aromatic nitrogens is 1. The molecule has 0 bridgehead atoms. The fourth-order valence-electron chi connectivity index (χ4n) is 2.83. The average Bonchev–Trinajstić information content (AvgIpc) is 3.23. The number of rotatable bonds is 3. The number of ether oxygens (including phenoxy) is 1. The van der Waals surface area contributed by atoms with Crippen LogP contribution in [0.25, 0.3) is 0 Å². The Hall–Kier alpha value is -0.970. The smallest absolute Gasteiger partial charge is 0.0895 e. The molecule has 1 aromatic rings. The van der Waals surface area contributed by atoms with Gasteiger partial charge in [0.15, 0.2) is 0 Å². The molecule has 1 saturated carbocycles. The summed E-state index contributed by atoms with van der Waals surface area (Å²) < 4.78 is 5.84. The third-order valence-electron chi connectivity index (χ3n) is 3.91. The lowest BCUT2D eigenvalue weighted by atomic mass is 9.99. The van der Waals surface area contributed by atoms with Crippen LogP contribution in [0, 0.1) is 6.92 Å². The van der Waals surface area contributed by atoms with Crippen LogP contribution in [0.5, 0.6) is 0 Å². The van der Waals surface area contributed by atoms with Gasteiger partial charge >= 0.3 is 0 Å². The van der Waals surface area contributed by atoms with Crippen molar-refractivity contribution < 1.29 is 4.74 Å². The lowest BCUT2D eigenvalue weighted by molar-refractivity contribution is -0.0713. The molecule has 18 heavy (non-hydrogen) atoms. The van der Waals surface area contributed by atoms with Crippen molar-refractivity contribution in [2.75, 3.05) is 19.7 Å². The SMILES string of the molecule is Cc1ccc(C2C(CN)OCCN2C2CC2)cn1. The minimum Gasteiger partial charge on any atom is -0.374 e. The van der Waals surface area contributed by atoms with Crippen LogP contribution in [0.2, 0.25) is 0 Å². The molecule has 2 N–H and O–H groups in total. The summed E-state index contributed by atoms with van der Waals surface area (Å²) >= 11 is 0. The monoisotopic (exact) mass is 247 g/mol. The Bertz CT molecular complexity index is 402. The minimum atomic E-state index is 0.101. The highest BCUT2D eigenvalue weighted by atomic mass is 16.5. The molecule has 4 nitrogen and oxygen atoms in total. The molecule has 2 fully saturated rings. The summed E-state index contributed by atoms with van der Waals surface area (Å²) in [6, 6.07) is 5.25. The minimum absolute atomic E-state index is 0.101. The number of pyridine rings is 1. The molecule has 2 aliphatic rings. The summed E-state index contributed by atoms with van der Waals surface area (Å²) in [5, 5.41) is 0. The Morgan fingerprint density at radius 2 is 2.28 bits per heavy atom. The van der Waals surface area contributed by atoms with Crippen molar-refractivity contribution in [3.05, 3.63) is 29.6 Å². The zero-order valence-electron chi connectivity index (χ0n) is 10.9. The molecule has 1 aliphatic heterocycles. The van der Waals surface area contributed by atoms with E-state index in [9.17, 15) is 0 Å². The Morgan fingerprint density at radius 3 is 2.89 bits per heavy atom. The molecular formula is C14H21N3O. The zero-order chi connectivity index (χ0) is 12.5. The van der Waals surface area contributed by atoms with Gasteiger partial charge in [-0.05, 0) is 31.4 Å². The van der Waals surface area contributed by atoms with Gasteiger partial charge in [-0.1, -0.05) is 6.07 Å². The van der Waals surface area contributed by atoms with Crippen molar-refractivity contribution >= 4 is 0 Å². The molecule has 4 heteroatoms. The maximum atomic E-state index is 5.87. The van der Waals surface area contributed by atoms with Crippen LogP contribution in [0.4, 0.5) is 0 Å². The van der Waals surface area contributed by atoms with Crippen LogP contribution in [-0.2, 0) is 4.74 Å². The van der Waals surface area contributed by atoms with E-state index in [4.69, 9.17) is 10.5 Å². The molecule has 98 valence electrons. The van der Waals surface area contributed by atoms with Gasteiger partial charge in [-0.15, -0.1) is 0 Å². The molecule has 1 aromatic heterocycles. The summed E-state index contributed by atoms with van der Waals surface area (Å²) in [5.74, 6) is 0. The highest BCUT2D eigenvalue weighted by Gasteiger charge is 2.40. The largest absolute Gasteiger partial charge is 0.374 e. The van der Waals surface area contributed by atoms with Gasteiger partial charge in [-0.25, -0.2) is 0 Å². The topological polar surface area (TPSA) is 51.4 Å². The molecule has 2 atom stereocenters. The molecule has 3 rings (SSSR count). The summed E-state index contributed by atoms with van der Waals surface area (Å²) in [6.45, 7) is 4.40. The Labute approximate surface area is 108 Å². The molecule has 1 saturated heterocycles. The molecule has 0 spiro atoms. The van der Waals surface area contributed by atoms with E-state index in [0.29, 0.717) is 6.54 Å². The average molecular weight is 247 g/mol. The van der Waals surface area contributed by atoms with Crippen molar-refractivity contribution in [3.63, 3.8) is 0 Å². The van der Waals surface area contributed by atoms with Crippen LogP contribution in [-0.4, -0.2) is 41.7 Å². The molecule has 0 aromatic carbocycles. The van der Waals surface area contributed by atoms with E-state index >= 15 is 0 Å². The second-order valence-electron chi connectivity index (χ2n) is 5.29. The summed E-state index contributed by atoms with van der Waals surface area (Å²) in [5.41, 5.74) is 8.16. The Balaban J connectivity index is 1.89. The second-order valence-corrected chi connectivity index (χ2v) is 5.29. The molecule has 1 aliphatic carbocycles. The van der Waals surface area contributed by atoms with Gasteiger partial charge in [0.1, 0.15) is 0 Å². The molecule has 2 heterocycles. The standard InChI is InChI=1S/C14H21N3O/c1-10-2-3-11(9-16-10)14-13(8-15)18-7-6-17(14)12-4-5-12/h2-3,9,12-14H,4-8,15H2,1H3. The van der Waals surface area contributed by atoms with Crippen LogP contribution >= 0.6 is 0 Å². The maximum Gasteiger partial charge on any atom is 0.0895 e. The number of morpholine rings is 1. The van der Waals surface area contributed by atoms with E-state index in [1.165, 1.54) is 18.4 Å². The second kappa shape index (κ2) is 4.96. The van der Waals surface area contributed by atoms with Gasteiger partial charge in [0.05, 0.1) is 18.8 Å². The molecule has 0 amide bonds. The van der Waals surface area contributed by atoms with E-state index in [-0.39, 0.29) is 12.1 Å². The predicted molar refractivity (Wildman–Crippen MR) is 70.2 cm³/mol. The zero-order valence-corrected chi connectivity index (χ0v) is 10.9. The fraction of sp³-hybridized carbons (Fsp3) is 0.643. The Morgan fingerprint density at radius 1 is 1.44 bits per heavy atom.